The summed E-state index contributed by atoms with van der Waals surface area (Å²) < 4.78 is 38.3. The predicted octanol–water partition coefficient (Wildman–Crippen LogP) is 2.48. The van der Waals surface area contributed by atoms with E-state index in [-0.39, 0.29) is 12.3 Å². The van der Waals surface area contributed by atoms with Gasteiger partial charge in [-0.15, -0.1) is 0 Å². The van der Waals surface area contributed by atoms with Crippen LogP contribution in [-0.4, -0.2) is 10.4 Å². The second kappa shape index (κ2) is 4.59. The summed E-state index contributed by atoms with van der Waals surface area (Å²) in [4.78, 5) is 23.3. The lowest BCUT2D eigenvalue weighted by atomic mass is 9.91. The van der Waals surface area contributed by atoms with E-state index in [1.165, 1.54) is 6.20 Å². The van der Waals surface area contributed by atoms with E-state index in [1.54, 1.807) is 20.8 Å². The van der Waals surface area contributed by atoms with E-state index >= 15 is 0 Å². The van der Waals surface area contributed by atoms with Crippen LogP contribution in [0, 0.1) is 5.41 Å². The van der Waals surface area contributed by atoms with Gasteiger partial charge in [-0.2, -0.15) is 13.2 Å². The first-order valence-corrected chi connectivity index (χ1v) is 5.33. The lowest BCUT2D eigenvalue weighted by Crippen LogP contribution is -2.33. The molecule has 0 N–H and O–H groups in total. The van der Waals surface area contributed by atoms with Crippen molar-refractivity contribution >= 4 is 5.78 Å². The molecular formula is C12H14F3NO2. The van der Waals surface area contributed by atoms with Crippen LogP contribution >= 0.6 is 0 Å². The molecule has 0 radical (unpaired) electrons. The second-order valence-electron chi connectivity index (χ2n) is 5.03. The van der Waals surface area contributed by atoms with Crippen LogP contribution in [0.4, 0.5) is 13.2 Å². The zero-order valence-corrected chi connectivity index (χ0v) is 10.3. The molecule has 0 aliphatic rings. The van der Waals surface area contributed by atoms with E-state index in [4.69, 9.17) is 0 Å². The summed E-state index contributed by atoms with van der Waals surface area (Å²) in [6.07, 6.45) is -3.52. The molecule has 0 bridgehead atoms. The number of alkyl halides is 3. The molecular weight excluding hydrogens is 247 g/mol. The van der Waals surface area contributed by atoms with Gasteiger partial charge < -0.3 is 4.57 Å². The fourth-order valence-corrected chi connectivity index (χ4v) is 1.27. The Bertz CT molecular complexity index is 509. The Morgan fingerprint density at radius 1 is 1.28 bits per heavy atom. The number of carbonyl (C=O) groups is 1. The number of pyridine rings is 1. The van der Waals surface area contributed by atoms with Gasteiger partial charge in [-0.1, -0.05) is 20.8 Å². The molecule has 0 amide bonds. The van der Waals surface area contributed by atoms with Gasteiger partial charge in [0.2, 0.25) is 0 Å². The number of Topliss-reactive ketones (excluding diaryl/α,β-unsaturated/α-hetero) is 1. The summed E-state index contributed by atoms with van der Waals surface area (Å²) in [5, 5.41) is 0. The molecule has 0 aliphatic carbocycles. The van der Waals surface area contributed by atoms with Gasteiger partial charge >= 0.3 is 6.18 Å². The normalized spacial score (nSPS) is 12.6. The molecule has 18 heavy (non-hydrogen) atoms. The molecule has 0 fully saturated rings. The summed E-state index contributed by atoms with van der Waals surface area (Å²) in [7, 11) is 0. The lowest BCUT2D eigenvalue weighted by molar-refractivity contribution is -0.139. The smallest absolute Gasteiger partial charge is 0.308 e. The molecule has 0 unspecified atom stereocenters. The number of ketones is 1. The number of carbonyl (C=O) groups excluding carboxylic acids is 1. The Labute approximate surface area is 102 Å². The molecule has 0 saturated carbocycles. The minimum Gasteiger partial charge on any atom is -0.308 e. The van der Waals surface area contributed by atoms with E-state index in [9.17, 15) is 22.8 Å². The molecule has 1 aromatic rings. The van der Waals surface area contributed by atoms with E-state index in [2.05, 4.69) is 0 Å². The summed E-state index contributed by atoms with van der Waals surface area (Å²) in [6.45, 7) is 4.59. The monoisotopic (exact) mass is 261 g/mol. The third-order valence-electron chi connectivity index (χ3n) is 2.48. The molecule has 3 nitrogen and oxygen atoms in total. The summed E-state index contributed by atoms with van der Waals surface area (Å²) in [6, 6.07) is 1.82. The van der Waals surface area contributed by atoms with Crippen molar-refractivity contribution in [1.82, 2.24) is 4.57 Å². The Morgan fingerprint density at radius 2 is 1.83 bits per heavy atom. The number of nitrogens with zero attached hydrogens (tertiary/aromatic N) is 1. The molecule has 0 saturated heterocycles. The first-order valence-electron chi connectivity index (χ1n) is 5.33. The van der Waals surface area contributed by atoms with Gasteiger partial charge in [0.1, 0.15) is 5.56 Å². The fourth-order valence-electron chi connectivity index (χ4n) is 1.27. The molecule has 0 atom stereocenters. The van der Waals surface area contributed by atoms with Crippen LogP contribution in [-0.2, 0) is 17.5 Å². The maximum absolute atomic E-state index is 12.5. The van der Waals surface area contributed by atoms with Crippen molar-refractivity contribution in [1.29, 1.82) is 0 Å². The Morgan fingerprint density at radius 3 is 2.28 bits per heavy atom. The van der Waals surface area contributed by atoms with Crippen molar-refractivity contribution < 1.29 is 18.0 Å². The summed E-state index contributed by atoms with van der Waals surface area (Å²) >= 11 is 0. The molecule has 1 aromatic heterocycles. The largest absolute Gasteiger partial charge is 0.421 e. The van der Waals surface area contributed by atoms with Crippen LogP contribution in [0.2, 0.25) is 0 Å². The number of aromatic nitrogens is 1. The summed E-state index contributed by atoms with van der Waals surface area (Å²) in [5.41, 5.74) is -3.15. The van der Waals surface area contributed by atoms with Crippen molar-refractivity contribution in [3.05, 3.63) is 34.2 Å². The van der Waals surface area contributed by atoms with Crippen molar-refractivity contribution in [2.24, 2.45) is 5.41 Å². The number of halogens is 3. The number of rotatable bonds is 2. The third-order valence-corrected chi connectivity index (χ3v) is 2.48. The highest BCUT2D eigenvalue weighted by Crippen LogP contribution is 2.26. The Hall–Kier alpha value is -1.59. The highest BCUT2D eigenvalue weighted by molar-refractivity contribution is 5.83. The molecule has 0 aliphatic heterocycles. The minimum atomic E-state index is -4.70. The average Bonchev–Trinajstić information content (AvgIpc) is 2.17. The number of hydrogen-bond donors (Lipinski definition) is 0. The SMILES string of the molecule is CC(C)(C)C(=O)Cn1cccc(C(F)(F)F)c1=O. The standard InChI is InChI=1S/C12H14F3NO2/c1-11(2,3)9(17)7-16-6-4-5-8(10(16)18)12(13,14)15/h4-6H,7H2,1-3H3. The van der Waals surface area contributed by atoms with Gasteiger partial charge in [-0.3, -0.25) is 9.59 Å². The van der Waals surface area contributed by atoms with Crippen molar-refractivity contribution in [3.8, 4) is 0 Å². The van der Waals surface area contributed by atoms with Gasteiger partial charge in [0.05, 0.1) is 6.54 Å². The van der Waals surface area contributed by atoms with Crippen LogP contribution in [0.5, 0.6) is 0 Å². The summed E-state index contributed by atoms with van der Waals surface area (Å²) in [5.74, 6) is -0.302. The molecule has 1 heterocycles. The van der Waals surface area contributed by atoms with Gasteiger partial charge in [0.25, 0.3) is 5.56 Å². The zero-order valence-electron chi connectivity index (χ0n) is 10.3. The van der Waals surface area contributed by atoms with Crippen LogP contribution < -0.4 is 5.56 Å². The van der Waals surface area contributed by atoms with Crippen molar-refractivity contribution in [2.45, 2.75) is 33.5 Å². The lowest BCUT2D eigenvalue weighted by Gasteiger charge is -2.17. The zero-order chi connectivity index (χ0) is 14.1. The van der Waals surface area contributed by atoms with Crippen molar-refractivity contribution in [2.75, 3.05) is 0 Å². The molecule has 6 heteroatoms. The average molecular weight is 261 g/mol. The van der Waals surface area contributed by atoms with Gasteiger partial charge in [0, 0.05) is 11.6 Å². The van der Waals surface area contributed by atoms with Crippen LogP contribution in [0.25, 0.3) is 0 Å². The molecule has 1 rings (SSSR count). The highest BCUT2D eigenvalue weighted by Gasteiger charge is 2.34. The molecule has 0 aromatic carbocycles. The third kappa shape index (κ3) is 3.21. The highest BCUT2D eigenvalue weighted by atomic mass is 19.4. The Kier molecular flexibility index (Phi) is 3.69. The van der Waals surface area contributed by atoms with Crippen LogP contribution in [0.1, 0.15) is 26.3 Å². The Balaban J connectivity index is 3.14. The van der Waals surface area contributed by atoms with Crippen molar-refractivity contribution in [3.63, 3.8) is 0 Å². The van der Waals surface area contributed by atoms with Crippen LogP contribution in [0.3, 0.4) is 0 Å². The quantitative estimate of drug-likeness (QED) is 0.820. The van der Waals surface area contributed by atoms with E-state index in [0.717, 1.165) is 10.6 Å². The predicted molar refractivity (Wildman–Crippen MR) is 60.2 cm³/mol. The van der Waals surface area contributed by atoms with Gasteiger partial charge in [-0.05, 0) is 12.1 Å². The van der Waals surface area contributed by atoms with Gasteiger partial charge in [0.15, 0.2) is 5.78 Å². The maximum atomic E-state index is 12.5. The van der Waals surface area contributed by atoms with E-state index < -0.39 is 22.7 Å². The van der Waals surface area contributed by atoms with E-state index in [0.29, 0.717) is 6.07 Å². The van der Waals surface area contributed by atoms with Gasteiger partial charge in [-0.25, -0.2) is 0 Å². The first kappa shape index (κ1) is 14.5. The van der Waals surface area contributed by atoms with Crippen LogP contribution in [0.15, 0.2) is 23.1 Å². The maximum Gasteiger partial charge on any atom is 0.421 e. The molecule has 0 spiro atoms. The topological polar surface area (TPSA) is 39.1 Å². The number of hydrogen-bond acceptors (Lipinski definition) is 2. The fraction of sp³-hybridized carbons (Fsp3) is 0.500. The first-order chi connectivity index (χ1) is 8.03. The van der Waals surface area contributed by atoms with E-state index in [1.807, 2.05) is 0 Å². The minimum absolute atomic E-state index is 0.302. The molecule has 100 valence electrons. The second-order valence-corrected chi connectivity index (χ2v) is 5.03.